The summed E-state index contributed by atoms with van der Waals surface area (Å²) in [6, 6.07) is 10.1. The van der Waals surface area contributed by atoms with E-state index >= 15 is 0 Å². The van der Waals surface area contributed by atoms with Crippen molar-refractivity contribution < 1.29 is 8.42 Å². The van der Waals surface area contributed by atoms with E-state index in [1.807, 2.05) is 37.3 Å². The highest BCUT2D eigenvalue weighted by Gasteiger charge is 2.00. The molecule has 0 saturated carbocycles. The van der Waals surface area contributed by atoms with Crippen LogP contribution in [-0.2, 0) is 9.84 Å². The van der Waals surface area contributed by atoms with E-state index in [-0.39, 0.29) is 5.75 Å². The van der Waals surface area contributed by atoms with E-state index in [1.165, 1.54) is 11.8 Å². The molecule has 0 fully saturated rings. The zero-order valence-electron chi connectivity index (χ0n) is 10.3. The molecule has 0 spiro atoms. The van der Waals surface area contributed by atoms with Gasteiger partial charge in [0.25, 0.3) is 0 Å². The number of benzene rings is 1. The Morgan fingerprint density at radius 3 is 2.53 bits per heavy atom. The number of hydrogen-bond acceptors (Lipinski definition) is 3. The minimum atomic E-state index is -2.86. The van der Waals surface area contributed by atoms with Crippen molar-refractivity contribution in [3.8, 4) is 0 Å². The van der Waals surface area contributed by atoms with Gasteiger partial charge in [0.15, 0.2) is 0 Å². The van der Waals surface area contributed by atoms with E-state index in [0.717, 1.165) is 5.56 Å². The van der Waals surface area contributed by atoms with Crippen LogP contribution in [0, 0.1) is 0 Å². The summed E-state index contributed by atoms with van der Waals surface area (Å²) in [5, 5.41) is 3.11. The van der Waals surface area contributed by atoms with Gasteiger partial charge in [-0.1, -0.05) is 42.0 Å². The summed E-state index contributed by atoms with van der Waals surface area (Å²) in [6.07, 6.45) is 3.34. The van der Waals surface area contributed by atoms with Gasteiger partial charge in [-0.3, -0.25) is 0 Å². The lowest BCUT2D eigenvalue weighted by atomic mass is 10.1. The summed E-state index contributed by atoms with van der Waals surface area (Å²) >= 11 is 0. The lowest BCUT2D eigenvalue weighted by molar-refractivity contribution is 0.598. The molecule has 17 heavy (non-hydrogen) atoms. The zero-order valence-corrected chi connectivity index (χ0v) is 11.1. The molecular weight excluding hydrogens is 234 g/mol. The Hall–Kier alpha value is -1.13. The molecule has 0 atom stereocenters. The Balaban J connectivity index is 2.35. The molecule has 0 radical (unpaired) electrons. The average Bonchev–Trinajstić information content (AvgIpc) is 2.25. The third-order valence-corrected chi connectivity index (χ3v) is 3.21. The molecule has 94 valence electrons. The van der Waals surface area contributed by atoms with Crippen molar-refractivity contribution in [1.29, 1.82) is 0 Å². The van der Waals surface area contributed by atoms with Crippen LogP contribution in [0.1, 0.15) is 12.5 Å². The van der Waals surface area contributed by atoms with Gasteiger partial charge in [-0.2, -0.15) is 0 Å². The summed E-state index contributed by atoms with van der Waals surface area (Å²) in [5.74, 6) is 0.186. The minimum absolute atomic E-state index is 0.186. The molecule has 0 saturated heterocycles. The molecular formula is C13H19NO2S. The number of rotatable bonds is 6. The summed E-state index contributed by atoms with van der Waals surface area (Å²) in [4.78, 5) is 0. The molecule has 0 heterocycles. The average molecular weight is 253 g/mol. The highest BCUT2D eigenvalue weighted by atomic mass is 32.2. The molecule has 0 aliphatic heterocycles. The summed E-state index contributed by atoms with van der Waals surface area (Å²) in [7, 11) is -2.86. The van der Waals surface area contributed by atoms with Crippen molar-refractivity contribution in [2.24, 2.45) is 0 Å². The van der Waals surface area contributed by atoms with Crippen molar-refractivity contribution in [1.82, 2.24) is 5.32 Å². The van der Waals surface area contributed by atoms with Crippen molar-refractivity contribution in [3.63, 3.8) is 0 Å². The Morgan fingerprint density at radius 1 is 1.29 bits per heavy atom. The van der Waals surface area contributed by atoms with Crippen molar-refractivity contribution in [2.75, 3.05) is 25.1 Å². The molecule has 1 aromatic carbocycles. The predicted octanol–water partition coefficient (Wildman–Crippen LogP) is 1.72. The van der Waals surface area contributed by atoms with Crippen LogP contribution in [-0.4, -0.2) is 33.5 Å². The van der Waals surface area contributed by atoms with Gasteiger partial charge in [0.05, 0.1) is 5.75 Å². The first-order valence-corrected chi connectivity index (χ1v) is 7.64. The van der Waals surface area contributed by atoms with Crippen molar-refractivity contribution in [2.45, 2.75) is 6.92 Å². The summed E-state index contributed by atoms with van der Waals surface area (Å²) in [6.45, 7) is 3.24. The monoisotopic (exact) mass is 253 g/mol. The molecule has 1 N–H and O–H groups in total. The van der Waals surface area contributed by atoms with Gasteiger partial charge in [-0.05, 0) is 12.5 Å². The third-order valence-electron chi connectivity index (χ3n) is 2.27. The van der Waals surface area contributed by atoms with E-state index in [9.17, 15) is 8.42 Å². The fraction of sp³-hybridized carbons (Fsp3) is 0.385. The maximum Gasteiger partial charge on any atom is 0.148 e. The van der Waals surface area contributed by atoms with Crippen LogP contribution in [0.4, 0.5) is 0 Å². The second-order valence-corrected chi connectivity index (χ2v) is 6.47. The first-order valence-electron chi connectivity index (χ1n) is 5.58. The fourth-order valence-electron chi connectivity index (χ4n) is 1.43. The van der Waals surface area contributed by atoms with Crippen LogP contribution < -0.4 is 5.32 Å². The molecule has 0 aliphatic rings. The SMILES string of the molecule is CC(=Cc1ccccc1)CNCCS(C)(=O)=O. The van der Waals surface area contributed by atoms with Crippen LogP contribution in [0.25, 0.3) is 6.08 Å². The highest BCUT2D eigenvalue weighted by molar-refractivity contribution is 7.90. The number of hydrogen-bond donors (Lipinski definition) is 1. The summed E-state index contributed by atoms with van der Waals surface area (Å²) in [5.41, 5.74) is 2.35. The van der Waals surface area contributed by atoms with Crippen LogP contribution in [0.2, 0.25) is 0 Å². The third kappa shape index (κ3) is 6.92. The van der Waals surface area contributed by atoms with E-state index in [0.29, 0.717) is 13.1 Å². The van der Waals surface area contributed by atoms with E-state index in [1.54, 1.807) is 0 Å². The topological polar surface area (TPSA) is 46.2 Å². The predicted molar refractivity (Wildman–Crippen MR) is 72.7 cm³/mol. The zero-order chi connectivity index (χ0) is 12.7. The molecule has 0 aliphatic carbocycles. The first kappa shape index (κ1) is 13.9. The maximum absolute atomic E-state index is 10.9. The Labute approximate surface area is 103 Å². The molecule has 0 aromatic heterocycles. The molecule has 0 unspecified atom stereocenters. The minimum Gasteiger partial charge on any atom is -0.312 e. The van der Waals surface area contributed by atoms with Gasteiger partial charge in [0.1, 0.15) is 9.84 Å². The lowest BCUT2D eigenvalue weighted by Crippen LogP contribution is -2.23. The van der Waals surface area contributed by atoms with Gasteiger partial charge in [0, 0.05) is 19.3 Å². The van der Waals surface area contributed by atoms with Crippen molar-refractivity contribution in [3.05, 3.63) is 41.5 Å². The number of sulfone groups is 1. The summed E-state index contributed by atoms with van der Waals surface area (Å²) < 4.78 is 21.8. The standard InChI is InChI=1S/C13H19NO2S/c1-12(10-13-6-4-3-5-7-13)11-14-8-9-17(2,15)16/h3-7,10,14H,8-9,11H2,1-2H3. The molecule has 0 amide bonds. The molecule has 1 rings (SSSR count). The Kier molecular flexibility index (Phi) is 5.38. The van der Waals surface area contributed by atoms with Crippen LogP contribution in [0.5, 0.6) is 0 Å². The van der Waals surface area contributed by atoms with E-state index < -0.39 is 9.84 Å². The Bertz CT molecular complexity index is 463. The lowest BCUT2D eigenvalue weighted by Gasteiger charge is -2.04. The molecule has 0 bridgehead atoms. The van der Waals surface area contributed by atoms with Gasteiger partial charge in [-0.25, -0.2) is 8.42 Å². The van der Waals surface area contributed by atoms with Crippen LogP contribution in [0.15, 0.2) is 35.9 Å². The van der Waals surface area contributed by atoms with Crippen molar-refractivity contribution >= 4 is 15.9 Å². The van der Waals surface area contributed by atoms with E-state index in [2.05, 4.69) is 11.4 Å². The number of nitrogens with one attached hydrogen (secondary N) is 1. The second kappa shape index (κ2) is 6.57. The van der Waals surface area contributed by atoms with Gasteiger partial charge in [-0.15, -0.1) is 0 Å². The normalized spacial score (nSPS) is 12.7. The van der Waals surface area contributed by atoms with Crippen LogP contribution in [0.3, 0.4) is 0 Å². The molecule has 3 nitrogen and oxygen atoms in total. The van der Waals surface area contributed by atoms with Gasteiger partial charge in [0.2, 0.25) is 0 Å². The fourth-order valence-corrected chi connectivity index (χ4v) is 1.94. The van der Waals surface area contributed by atoms with Gasteiger partial charge < -0.3 is 5.32 Å². The molecule has 4 heteroatoms. The largest absolute Gasteiger partial charge is 0.312 e. The van der Waals surface area contributed by atoms with E-state index in [4.69, 9.17) is 0 Å². The maximum atomic E-state index is 10.9. The van der Waals surface area contributed by atoms with Gasteiger partial charge >= 0.3 is 0 Å². The molecule has 1 aromatic rings. The Morgan fingerprint density at radius 2 is 1.94 bits per heavy atom. The first-order chi connectivity index (χ1) is 7.97. The highest BCUT2D eigenvalue weighted by Crippen LogP contribution is 2.04. The second-order valence-electron chi connectivity index (χ2n) is 4.21. The quantitative estimate of drug-likeness (QED) is 0.785. The van der Waals surface area contributed by atoms with Crippen LogP contribution >= 0.6 is 0 Å². The smallest absolute Gasteiger partial charge is 0.148 e.